The van der Waals surface area contributed by atoms with E-state index in [-0.39, 0.29) is 5.56 Å². The summed E-state index contributed by atoms with van der Waals surface area (Å²) in [5.41, 5.74) is 1.22. The number of β-amino-alcohol motifs (C(OH)–C–C–N with tert-alkyl or cyclic N) is 1. The van der Waals surface area contributed by atoms with Gasteiger partial charge in [-0.05, 0) is 44.5 Å². The van der Waals surface area contributed by atoms with Gasteiger partial charge >= 0.3 is 0 Å². The largest absolute Gasteiger partial charge is 0.389 e. The predicted molar refractivity (Wildman–Crippen MR) is 138 cm³/mol. The molecule has 4 rings (SSSR count). The summed E-state index contributed by atoms with van der Waals surface area (Å²) in [5, 5.41) is 13.0. The average Bonchev–Trinajstić information content (AvgIpc) is 2.87. The molecule has 3 heterocycles. The fraction of sp³-hybridized carbons (Fsp3) is 0.407. The normalized spacial score (nSPS) is 14.6. The summed E-state index contributed by atoms with van der Waals surface area (Å²) in [6, 6.07) is 5.96. The van der Waals surface area contributed by atoms with Crippen LogP contribution in [-0.4, -0.2) is 81.1 Å². The van der Waals surface area contributed by atoms with E-state index in [1.807, 2.05) is 17.9 Å². The Morgan fingerprint density at radius 3 is 2.27 bits per heavy atom. The zero-order valence-corrected chi connectivity index (χ0v) is 21.6. The summed E-state index contributed by atoms with van der Waals surface area (Å²) in [4.78, 5) is 29.6. The molecule has 8 nitrogen and oxygen atoms in total. The minimum Gasteiger partial charge on any atom is -0.389 e. The maximum Gasteiger partial charge on any atom is 0.259 e. The molecule has 0 atom stereocenters. The maximum absolute atomic E-state index is 15.3. The minimum absolute atomic E-state index is 0.214. The number of rotatable bonds is 7. The van der Waals surface area contributed by atoms with Crippen molar-refractivity contribution in [2.75, 3.05) is 45.1 Å². The number of nitrogens with one attached hydrogen (secondary N) is 1. The van der Waals surface area contributed by atoms with Crippen molar-refractivity contribution in [2.45, 2.75) is 32.8 Å². The van der Waals surface area contributed by atoms with Crippen LogP contribution in [0.3, 0.4) is 0 Å². The van der Waals surface area contributed by atoms with Gasteiger partial charge in [0.1, 0.15) is 29.3 Å². The monoisotopic (exact) mass is 510 g/mol. The molecule has 0 bridgehead atoms. The third-order valence-electron chi connectivity index (χ3n) is 6.37. The average molecular weight is 511 g/mol. The standard InChI is InChI=1S/C27H32F2N6O2/c1-5-21-23(17-6-7-22(30-4)31-14-17)25(33-16-32-21)18-12-19(28)24(20(29)13-18)26(36)35-10-8-34(9-11-35)15-27(2,3)37/h6-7,12-14,16,37H,5,8-11,15H2,1-4H3,(H,30,31). The Bertz CT molecular complexity index is 1250. The minimum atomic E-state index is -0.940. The highest BCUT2D eigenvalue weighted by Gasteiger charge is 2.29. The fourth-order valence-electron chi connectivity index (χ4n) is 4.63. The molecule has 0 unspecified atom stereocenters. The number of aliphatic hydroxyl groups is 1. The highest BCUT2D eigenvalue weighted by atomic mass is 19.1. The summed E-state index contributed by atoms with van der Waals surface area (Å²) < 4.78 is 30.6. The molecule has 10 heteroatoms. The van der Waals surface area contributed by atoms with Crippen LogP contribution < -0.4 is 5.32 Å². The quantitative estimate of drug-likeness (QED) is 0.501. The first-order valence-electron chi connectivity index (χ1n) is 12.3. The zero-order valence-electron chi connectivity index (χ0n) is 21.6. The number of pyridine rings is 1. The van der Waals surface area contributed by atoms with Gasteiger partial charge in [0.2, 0.25) is 0 Å². The second kappa shape index (κ2) is 10.9. The summed E-state index contributed by atoms with van der Waals surface area (Å²) in [7, 11) is 1.76. The molecule has 1 aromatic carbocycles. The number of halogens is 2. The van der Waals surface area contributed by atoms with Gasteiger partial charge in [-0.3, -0.25) is 9.69 Å². The molecule has 0 saturated carbocycles. The summed E-state index contributed by atoms with van der Waals surface area (Å²) in [5.74, 6) is -1.88. The molecule has 3 aromatic rings. The van der Waals surface area contributed by atoms with Crippen LogP contribution in [0.2, 0.25) is 0 Å². The number of hydrogen-bond donors (Lipinski definition) is 2. The van der Waals surface area contributed by atoms with E-state index >= 15 is 8.78 Å². The number of piperazine rings is 1. The van der Waals surface area contributed by atoms with Gasteiger partial charge in [-0.1, -0.05) is 6.92 Å². The Kier molecular flexibility index (Phi) is 7.79. The summed E-state index contributed by atoms with van der Waals surface area (Å²) >= 11 is 0. The first-order valence-corrected chi connectivity index (χ1v) is 12.3. The molecule has 2 N–H and O–H groups in total. The molecule has 1 aliphatic rings. The summed E-state index contributed by atoms with van der Waals surface area (Å²) in [6.45, 7) is 7.51. The smallest absolute Gasteiger partial charge is 0.259 e. The van der Waals surface area contributed by atoms with Crippen molar-refractivity contribution < 1.29 is 18.7 Å². The van der Waals surface area contributed by atoms with Crippen molar-refractivity contribution in [1.82, 2.24) is 24.8 Å². The van der Waals surface area contributed by atoms with Gasteiger partial charge in [0.05, 0.1) is 17.0 Å². The van der Waals surface area contributed by atoms with Crippen LogP contribution in [0.4, 0.5) is 14.6 Å². The number of aromatic nitrogens is 3. The van der Waals surface area contributed by atoms with Crippen molar-refractivity contribution in [3.8, 4) is 22.4 Å². The van der Waals surface area contributed by atoms with Gasteiger partial charge in [-0.15, -0.1) is 0 Å². The topological polar surface area (TPSA) is 94.5 Å². The van der Waals surface area contributed by atoms with E-state index in [1.165, 1.54) is 11.2 Å². The van der Waals surface area contributed by atoms with E-state index in [0.29, 0.717) is 61.9 Å². The van der Waals surface area contributed by atoms with Crippen molar-refractivity contribution in [2.24, 2.45) is 0 Å². The lowest BCUT2D eigenvalue weighted by Crippen LogP contribution is -2.52. The number of hydrogen-bond acceptors (Lipinski definition) is 7. The van der Waals surface area contributed by atoms with E-state index in [1.54, 1.807) is 33.2 Å². The number of aryl methyl sites for hydroxylation is 1. The molecule has 0 radical (unpaired) electrons. The van der Waals surface area contributed by atoms with E-state index in [0.717, 1.165) is 17.7 Å². The Morgan fingerprint density at radius 1 is 1.05 bits per heavy atom. The number of nitrogens with zero attached hydrogens (tertiary/aromatic N) is 5. The van der Waals surface area contributed by atoms with Crippen LogP contribution >= 0.6 is 0 Å². The molecule has 2 aromatic heterocycles. The van der Waals surface area contributed by atoms with Crippen LogP contribution in [0.15, 0.2) is 36.8 Å². The molecule has 1 saturated heterocycles. The van der Waals surface area contributed by atoms with Crippen molar-refractivity contribution >= 4 is 11.7 Å². The zero-order chi connectivity index (χ0) is 26.7. The Hall–Kier alpha value is -3.50. The third kappa shape index (κ3) is 5.91. The lowest BCUT2D eigenvalue weighted by Gasteiger charge is -2.37. The molecule has 1 fully saturated rings. The van der Waals surface area contributed by atoms with Gasteiger partial charge in [-0.25, -0.2) is 23.7 Å². The molecule has 0 spiro atoms. The van der Waals surface area contributed by atoms with Gasteiger partial charge in [-0.2, -0.15) is 0 Å². The van der Waals surface area contributed by atoms with Crippen LogP contribution in [-0.2, 0) is 6.42 Å². The number of anilines is 1. The van der Waals surface area contributed by atoms with Crippen LogP contribution in [0.1, 0.15) is 36.8 Å². The fourth-order valence-corrected chi connectivity index (χ4v) is 4.63. The van der Waals surface area contributed by atoms with Gasteiger partial charge in [0.25, 0.3) is 5.91 Å². The van der Waals surface area contributed by atoms with E-state index in [4.69, 9.17) is 0 Å². The van der Waals surface area contributed by atoms with Crippen molar-refractivity contribution in [3.63, 3.8) is 0 Å². The Labute approximate surface area is 215 Å². The molecule has 196 valence electrons. The van der Waals surface area contributed by atoms with E-state index in [9.17, 15) is 9.90 Å². The van der Waals surface area contributed by atoms with Crippen molar-refractivity contribution in [3.05, 3.63) is 59.7 Å². The highest BCUT2D eigenvalue weighted by Crippen LogP contribution is 2.34. The van der Waals surface area contributed by atoms with Crippen molar-refractivity contribution in [1.29, 1.82) is 0 Å². The Morgan fingerprint density at radius 2 is 1.73 bits per heavy atom. The van der Waals surface area contributed by atoms with E-state index in [2.05, 4.69) is 20.3 Å². The SMILES string of the molecule is CCc1ncnc(-c2cc(F)c(C(=O)N3CCN(CC(C)(C)O)CC3)c(F)c2)c1-c1ccc(NC)nc1. The number of carbonyl (C=O) groups is 1. The second-order valence-electron chi connectivity index (χ2n) is 9.78. The molecule has 0 aliphatic carbocycles. The first kappa shape index (κ1) is 26.6. The number of amides is 1. The molecule has 1 amide bonds. The third-order valence-corrected chi connectivity index (χ3v) is 6.37. The summed E-state index contributed by atoms with van der Waals surface area (Å²) in [6.07, 6.45) is 3.62. The predicted octanol–water partition coefficient (Wildman–Crippen LogP) is 3.62. The van der Waals surface area contributed by atoms with Gasteiger partial charge < -0.3 is 15.3 Å². The number of benzene rings is 1. The first-order chi connectivity index (χ1) is 17.6. The lowest BCUT2D eigenvalue weighted by molar-refractivity contribution is 0.0177. The molecule has 37 heavy (non-hydrogen) atoms. The maximum atomic E-state index is 15.3. The lowest BCUT2D eigenvalue weighted by atomic mass is 9.96. The van der Waals surface area contributed by atoms with Crippen LogP contribution in [0.25, 0.3) is 22.4 Å². The Balaban J connectivity index is 1.64. The molecule has 1 aliphatic heterocycles. The molecular formula is C27H32F2N6O2. The van der Waals surface area contributed by atoms with Crippen LogP contribution in [0.5, 0.6) is 0 Å². The van der Waals surface area contributed by atoms with Gasteiger partial charge in [0.15, 0.2) is 0 Å². The van der Waals surface area contributed by atoms with E-state index < -0.39 is 28.7 Å². The molecular weight excluding hydrogens is 478 g/mol. The second-order valence-corrected chi connectivity index (χ2v) is 9.78. The highest BCUT2D eigenvalue weighted by molar-refractivity contribution is 5.96. The number of carbonyl (C=O) groups excluding carboxylic acids is 1. The van der Waals surface area contributed by atoms with Crippen LogP contribution in [0, 0.1) is 11.6 Å². The van der Waals surface area contributed by atoms with Gasteiger partial charge in [0, 0.05) is 62.7 Å².